The lowest BCUT2D eigenvalue weighted by Crippen LogP contribution is -2.36. The van der Waals surface area contributed by atoms with Crippen molar-refractivity contribution in [2.24, 2.45) is 0 Å². The third-order valence-corrected chi connectivity index (χ3v) is 6.87. The fourth-order valence-electron chi connectivity index (χ4n) is 3.57. The highest BCUT2D eigenvalue weighted by atomic mass is 32.2. The Morgan fingerprint density at radius 1 is 1.38 bits per heavy atom. The Labute approximate surface area is 160 Å². The minimum atomic E-state index is -0.601. The predicted molar refractivity (Wildman–Crippen MR) is 105 cm³/mol. The summed E-state index contributed by atoms with van der Waals surface area (Å²) in [7, 11) is 0. The Morgan fingerprint density at radius 2 is 2.31 bits per heavy atom. The molecular weight excluding hydrogens is 368 g/mol. The second-order valence-corrected chi connectivity index (χ2v) is 8.55. The van der Waals surface area contributed by atoms with Crippen LogP contribution in [-0.2, 0) is 0 Å². The first kappa shape index (κ1) is 17.8. The van der Waals surface area contributed by atoms with E-state index >= 15 is 0 Å². The molecule has 4 heterocycles. The highest BCUT2D eigenvalue weighted by molar-refractivity contribution is 8.00. The van der Waals surface area contributed by atoms with Gasteiger partial charge >= 0.3 is 0 Å². The standard InChI is InChI=1S/C18H22N4O2S2/c1-25-18-21-16-15(26-18)17(20-11-19-16)22-8-4-2-3-6-12(22)10-13(23)14-7-5-9-24-14/h5,7,9,11-13,23H,2-4,6,8,10H2,1H3. The van der Waals surface area contributed by atoms with Gasteiger partial charge < -0.3 is 14.4 Å². The van der Waals surface area contributed by atoms with Crippen molar-refractivity contribution in [3.05, 3.63) is 30.5 Å². The van der Waals surface area contributed by atoms with Gasteiger partial charge in [-0.15, -0.1) is 11.3 Å². The molecule has 138 valence electrons. The van der Waals surface area contributed by atoms with Gasteiger partial charge in [-0.25, -0.2) is 15.0 Å². The zero-order valence-electron chi connectivity index (χ0n) is 14.7. The Morgan fingerprint density at radius 3 is 3.12 bits per heavy atom. The van der Waals surface area contributed by atoms with Crippen molar-refractivity contribution >= 4 is 39.3 Å². The first-order valence-electron chi connectivity index (χ1n) is 8.90. The van der Waals surface area contributed by atoms with E-state index in [-0.39, 0.29) is 6.04 Å². The fraction of sp³-hybridized carbons (Fsp3) is 0.500. The summed E-state index contributed by atoms with van der Waals surface area (Å²) in [6, 6.07) is 3.87. The number of aliphatic hydroxyl groups is 1. The average Bonchev–Trinajstić information content (AvgIpc) is 3.28. The number of hydrogen-bond donors (Lipinski definition) is 1. The molecule has 3 aromatic heterocycles. The van der Waals surface area contributed by atoms with Gasteiger partial charge in [-0.3, -0.25) is 0 Å². The third-order valence-electron chi connectivity index (χ3n) is 4.84. The largest absolute Gasteiger partial charge is 0.467 e. The van der Waals surface area contributed by atoms with Gasteiger partial charge in [0.05, 0.1) is 6.26 Å². The van der Waals surface area contributed by atoms with Gasteiger partial charge in [0.1, 0.15) is 22.9 Å². The summed E-state index contributed by atoms with van der Waals surface area (Å²) in [4.78, 5) is 15.9. The molecule has 6 nitrogen and oxygen atoms in total. The molecule has 0 amide bonds. The van der Waals surface area contributed by atoms with Gasteiger partial charge in [0.2, 0.25) is 0 Å². The first-order valence-corrected chi connectivity index (χ1v) is 10.9. The number of aromatic nitrogens is 3. The molecule has 1 N–H and O–H groups in total. The molecular formula is C18H22N4O2S2. The third kappa shape index (κ3) is 3.58. The number of furan rings is 1. The molecule has 2 unspecified atom stereocenters. The van der Waals surface area contributed by atoms with E-state index < -0.39 is 6.10 Å². The van der Waals surface area contributed by atoms with Crippen LogP contribution in [0.25, 0.3) is 10.3 Å². The summed E-state index contributed by atoms with van der Waals surface area (Å²) in [5, 5.41) is 10.6. The summed E-state index contributed by atoms with van der Waals surface area (Å²) in [6.45, 7) is 0.939. The second-order valence-electron chi connectivity index (χ2n) is 6.50. The molecule has 0 spiro atoms. The molecule has 0 radical (unpaired) electrons. The zero-order chi connectivity index (χ0) is 17.9. The molecule has 2 atom stereocenters. The summed E-state index contributed by atoms with van der Waals surface area (Å²) in [5.74, 6) is 1.58. The Kier molecular flexibility index (Phi) is 5.42. The van der Waals surface area contributed by atoms with Gasteiger partial charge in [0.25, 0.3) is 0 Å². The monoisotopic (exact) mass is 390 g/mol. The van der Waals surface area contributed by atoms with Crippen molar-refractivity contribution in [2.45, 2.75) is 48.6 Å². The number of aliphatic hydroxyl groups excluding tert-OH is 1. The van der Waals surface area contributed by atoms with E-state index in [1.54, 1.807) is 35.7 Å². The Balaban J connectivity index is 1.66. The van der Waals surface area contributed by atoms with Crippen LogP contribution in [0, 0.1) is 0 Å². The number of nitrogens with zero attached hydrogens (tertiary/aromatic N) is 4. The van der Waals surface area contributed by atoms with Gasteiger partial charge in [-0.05, 0) is 31.2 Å². The molecule has 3 aromatic rings. The maximum Gasteiger partial charge on any atom is 0.176 e. The molecule has 1 fully saturated rings. The molecule has 0 aromatic carbocycles. The number of thiazole rings is 1. The number of thioether (sulfide) groups is 1. The highest BCUT2D eigenvalue weighted by Crippen LogP contribution is 2.36. The van der Waals surface area contributed by atoms with Crippen molar-refractivity contribution in [1.82, 2.24) is 15.0 Å². The lowest BCUT2D eigenvalue weighted by Gasteiger charge is -2.32. The normalized spacial score (nSPS) is 19.6. The van der Waals surface area contributed by atoms with E-state index in [9.17, 15) is 5.11 Å². The fourth-order valence-corrected chi connectivity index (χ4v) is 5.09. The van der Waals surface area contributed by atoms with Crippen LogP contribution in [0.1, 0.15) is 44.0 Å². The van der Waals surface area contributed by atoms with Crippen LogP contribution in [0.15, 0.2) is 33.5 Å². The number of fused-ring (bicyclic) bond motifs is 1. The van der Waals surface area contributed by atoms with Crippen LogP contribution >= 0.6 is 23.1 Å². The van der Waals surface area contributed by atoms with Crippen molar-refractivity contribution in [3.8, 4) is 0 Å². The van der Waals surface area contributed by atoms with Gasteiger partial charge in [-0.1, -0.05) is 24.6 Å². The van der Waals surface area contributed by atoms with Gasteiger partial charge in [0.15, 0.2) is 15.8 Å². The molecule has 26 heavy (non-hydrogen) atoms. The topological polar surface area (TPSA) is 75.3 Å². The van der Waals surface area contributed by atoms with E-state index in [0.29, 0.717) is 12.2 Å². The average molecular weight is 391 g/mol. The Bertz CT molecular complexity index is 852. The molecule has 0 aliphatic carbocycles. The van der Waals surface area contributed by atoms with E-state index in [4.69, 9.17) is 4.42 Å². The van der Waals surface area contributed by atoms with E-state index in [2.05, 4.69) is 19.9 Å². The first-order chi connectivity index (χ1) is 12.8. The van der Waals surface area contributed by atoms with E-state index in [1.807, 2.05) is 18.4 Å². The quantitative estimate of drug-likeness (QED) is 0.652. The van der Waals surface area contributed by atoms with Crippen LogP contribution in [-0.4, -0.2) is 38.9 Å². The van der Waals surface area contributed by atoms with E-state index in [0.717, 1.165) is 39.9 Å². The van der Waals surface area contributed by atoms with Crippen molar-refractivity contribution in [2.75, 3.05) is 17.7 Å². The summed E-state index contributed by atoms with van der Waals surface area (Å²) in [5.41, 5.74) is 0.763. The molecule has 4 rings (SSSR count). The summed E-state index contributed by atoms with van der Waals surface area (Å²) < 4.78 is 7.43. The summed E-state index contributed by atoms with van der Waals surface area (Å²) in [6.07, 6.45) is 9.81. The maximum atomic E-state index is 10.6. The predicted octanol–water partition coefficient (Wildman–Crippen LogP) is 4.27. The van der Waals surface area contributed by atoms with E-state index in [1.165, 1.54) is 12.8 Å². The minimum Gasteiger partial charge on any atom is -0.467 e. The van der Waals surface area contributed by atoms with Crippen molar-refractivity contribution in [1.29, 1.82) is 0 Å². The molecule has 0 bridgehead atoms. The van der Waals surface area contributed by atoms with Crippen LogP contribution in [0.2, 0.25) is 0 Å². The van der Waals surface area contributed by atoms with Crippen LogP contribution in [0.5, 0.6) is 0 Å². The second kappa shape index (κ2) is 7.94. The summed E-state index contributed by atoms with van der Waals surface area (Å²) >= 11 is 3.28. The van der Waals surface area contributed by atoms with Crippen molar-refractivity contribution in [3.63, 3.8) is 0 Å². The van der Waals surface area contributed by atoms with Crippen LogP contribution in [0.3, 0.4) is 0 Å². The lowest BCUT2D eigenvalue weighted by molar-refractivity contribution is 0.129. The maximum absolute atomic E-state index is 10.6. The van der Waals surface area contributed by atoms with Crippen LogP contribution < -0.4 is 4.90 Å². The number of anilines is 1. The minimum absolute atomic E-state index is 0.218. The van der Waals surface area contributed by atoms with Gasteiger partial charge in [0, 0.05) is 19.0 Å². The number of rotatable bonds is 5. The Hall–Kier alpha value is -1.64. The van der Waals surface area contributed by atoms with Crippen molar-refractivity contribution < 1.29 is 9.52 Å². The lowest BCUT2D eigenvalue weighted by atomic mass is 10.0. The molecule has 1 saturated heterocycles. The molecule has 1 aliphatic heterocycles. The SMILES string of the molecule is CSc1nc2ncnc(N3CCCCCC3CC(O)c3ccco3)c2s1. The zero-order valence-corrected chi connectivity index (χ0v) is 16.3. The molecule has 0 saturated carbocycles. The highest BCUT2D eigenvalue weighted by Gasteiger charge is 2.28. The molecule has 1 aliphatic rings. The smallest absolute Gasteiger partial charge is 0.176 e. The van der Waals surface area contributed by atoms with Crippen LogP contribution in [0.4, 0.5) is 5.82 Å². The van der Waals surface area contributed by atoms with Gasteiger partial charge in [-0.2, -0.15) is 0 Å². The number of hydrogen-bond acceptors (Lipinski definition) is 8. The molecule has 8 heteroatoms.